The van der Waals surface area contributed by atoms with E-state index >= 15 is 0 Å². The molecule has 1 aromatic heterocycles. The molecule has 2 heterocycles. The van der Waals surface area contributed by atoms with E-state index in [1.54, 1.807) is 12.1 Å². The Kier molecular flexibility index (Phi) is 6.23. The van der Waals surface area contributed by atoms with Crippen LogP contribution in [0.25, 0.3) is 11.3 Å². The third-order valence-electron chi connectivity index (χ3n) is 5.86. The van der Waals surface area contributed by atoms with E-state index in [1.807, 2.05) is 61.2 Å². The Bertz CT molecular complexity index is 1620. The number of aryl methyl sites for hydroxylation is 2. The molecular weight excluding hydrogens is 470 g/mol. The van der Waals surface area contributed by atoms with Crippen LogP contribution in [0.2, 0.25) is 0 Å². The quantitative estimate of drug-likeness (QED) is 0.378. The Balaban J connectivity index is 1.67. The van der Waals surface area contributed by atoms with Gasteiger partial charge in [0.15, 0.2) is 6.61 Å². The zero-order valence-electron chi connectivity index (χ0n) is 20.1. The van der Waals surface area contributed by atoms with Crippen LogP contribution in [-0.2, 0) is 4.79 Å². The van der Waals surface area contributed by atoms with Crippen molar-refractivity contribution in [1.82, 2.24) is 4.68 Å². The van der Waals surface area contributed by atoms with Gasteiger partial charge in [-0.2, -0.15) is 10.4 Å². The number of aromatic nitrogens is 1. The molecule has 3 aromatic carbocycles. The van der Waals surface area contributed by atoms with E-state index < -0.39 is 0 Å². The van der Waals surface area contributed by atoms with Crippen LogP contribution in [0.4, 0.5) is 11.4 Å². The largest absolute Gasteiger partial charge is 0.482 e. The highest BCUT2D eigenvalue weighted by Crippen LogP contribution is 2.33. The summed E-state index contributed by atoms with van der Waals surface area (Å²) in [6, 6.07) is 21.3. The Hall–Kier alpha value is -4.48. The van der Waals surface area contributed by atoms with Gasteiger partial charge < -0.3 is 10.1 Å². The van der Waals surface area contributed by atoms with Crippen molar-refractivity contribution in [3.63, 3.8) is 0 Å². The number of carbonyl (C=O) groups is 1. The van der Waals surface area contributed by atoms with E-state index in [0.717, 1.165) is 39.3 Å². The number of fused-ring (bicyclic) bond motifs is 1. The van der Waals surface area contributed by atoms with Crippen LogP contribution >= 0.6 is 11.3 Å². The molecule has 0 fully saturated rings. The number of carbonyl (C=O) groups excluding carboxylic acids is 1. The number of nitrogens with zero attached hydrogens (tertiary/aromatic N) is 4. The second kappa shape index (κ2) is 9.64. The monoisotopic (exact) mass is 493 g/mol. The number of hydrogen-bond donors (Lipinski definition) is 1. The van der Waals surface area contributed by atoms with Crippen molar-refractivity contribution in [2.75, 3.05) is 11.9 Å². The van der Waals surface area contributed by atoms with Crippen molar-refractivity contribution in [1.29, 1.82) is 5.26 Å². The molecule has 5 rings (SSSR count). The molecule has 0 aliphatic carbocycles. The summed E-state index contributed by atoms with van der Waals surface area (Å²) in [5.41, 5.74) is 7.69. The highest BCUT2D eigenvalue weighted by Gasteiger charge is 2.18. The lowest BCUT2D eigenvalue weighted by atomic mass is 10.1. The molecule has 7 nitrogen and oxygen atoms in total. The third kappa shape index (κ3) is 4.69. The topological polar surface area (TPSA) is 91.8 Å². The smallest absolute Gasteiger partial charge is 0.262 e. The van der Waals surface area contributed by atoms with Gasteiger partial charge >= 0.3 is 0 Å². The number of amides is 1. The summed E-state index contributed by atoms with van der Waals surface area (Å²) in [4.78, 5) is 17.5. The second-order valence-corrected chi connectivity index (χ2v) is 9.38. The molecule has 1 aliphatic heterocycles. The first-order chi connectivity index (χ1) is 17.4. The van der Waals surface area contributed by atoms with E-state index in [2.05, 4.69) is 29.6 Å². The molecule has 178 valence electrons. The van der Waals surface area contributed by atoms with Crippen molar-refractivity contribution in [2.45, 2.75) is 20.8 Å². The van der Waals surface area contributed by atoms with Crippen LogP contribution in [0.3, 0.4) is 0 Å². The van der Waals surface area contributed by atoms with Crippen LogP contribution in [0, 0.1) is 25.2 Å². The van der Waals surface area contributed by atoms with Gasteiger partial charge in [0.25, 0.3) is 5.91 Å². The maximum absolute atomic E-state index is 11.9. The molecule has 4 aromatic rings. The van der Waals surface area contributed by atoms with Gasteiger partial charge in [0.05, 0.1) is 34.4 Å². The van der Waals surface area contributed by atoms with Crippen LogP contribution < -0.4 is 14.9 Å². The number of anilines is 1. The number of rotatable bonds is 4. The summed E-state index contributed by atoms with van der Waals surface area (Å²) >= 11 is 1.49. The van der Waals surface area contributed by atoms with E-state index in [-0.39, 0.29) is 12.5 Å². The number of nitrogens with one attached hydrogen (secondary N) is 1. The zero-order valence-corrected chi connectivity index (χ0v) is 20.9. The molecule has 0 radical (unpaired) electrons. The van der Waals surface area contributed by atoms with Gasteiger partial charge in [0.1, 0.15) is 5.75 Å². The van der Waals surface area contributed by atoms with Gasteiger partial charge in [-0.15, -0.1) is 11.3 Å². The lowest BCUT2D eigenvalue weighted by Gasteiger charge is -2.18. The minimum atomic E-state index is -0.182. The molecule has 0 spiro atoms. The van der Waals surface area contributed by atoms with Crippen molar-refractivity contribution in [3.8, 4) is 23.1 Å². The maximum atomic E-state index is 11.9. The normalized spacial score (nSPS) is 13.6. The fraction of sp³-hybridized carbons (Fsp3) is 0.143. The summed E-state index contributed by atoms with van der Waals surface area (Å²) in [6.07, 6.45) is 0. The Labute approximate surface area is 212 Å². The van der Waals surface area contributed by atoms with Crippen LogP contribution in [-0.4, -0.2) is 22.9 Å². The SMILES string of the molecule is CC(=Nn1c(-c2ccc3c(c2)NC(=O)CO3)csc1=Nc1cc(C)ccc1C)c1ccc(C#N)cc1. The second-order valence-electron chi connectivity index (χ2n) is 8.54. The first-order valence-electron chi connectivity index (χ1n) is 11.4. The van der Waals surface area contributed by atoms with Crippen LogP contribution in [0.1, 0.15) is 29.2 Å². The molecule has 1 amide bonds. The van der Waals surface area contributed by atoms with Gasteiger partial charge in [-0.25, -0.2) is 9.67 Å². The highest BCUT2D eigenvalue weighted by molar-refractivity contribution is 7.07. The predicted molar refractivity (Wildman–Crippen MR) is 142 cm³/mol. The average molecular weight is 494 g/mol. The molecule has 0 atom stereocenters. The third-order valence-corrected chi connectivity index (χ3v) is 6.67. The van der Waals surface area contributed by atoms with Crippen LogP contribution in [0.15, 0.2) is 76.1 Å². The van der Waals surface area contributed by atoms with E-state index in [1.165, 1.54) is 11.3 Å². The molecule has 1 aliphatic rings. The summed E-state index contributed by atoms with van der Waals surface area (Å²) in [5.74, 6) is 0.454. The predicted octanol–water partition coefficient (Wildman–Crippen LogP) is 5.54. The molecule has 8 heteroatoms. The van der Waals surface area contributed by atoms with Gasteiger partial charge in [-0.1, -0.05) is 24.3 Å². The first-order valence-corrected chi connectivity index (χ1v) is 12.2. The standard InChI is InChI=1S/C28H23N5O2S/c1-17-4-5-18(2)23(12-17)31-28-33(32-19(3)21-8-6-20(14-29)7-9-21)25(16-36-28)22-10-11-26-24(13-22)30-27(34)15-35-26/h4-13,16H,15H2,1-3H3,(H,30,34). The fourth-order valence-corrected chi connectivity index (χ4v) is 4.69. The molecule has 0 saturated carbocycles. The van der Waals surface area contributed by atoms with Crippen LogP contribution in [0.5, 0.6) is 5.75 Å². The molecule has 0 saturated heterocycles. The van der Waals surface area contributed by atoms with Crippen molar-refractivity contribution in [2.24, 2.45) is 10.1 Å². The fourth-order valence-electron chi connectivity index (χ4n) is 3.85. The minimum absolute atomic E-state index is 0.0117. The maximum Gasteiger partial charge on any atom is 0.262 e. The highest BCUT2D eigenvalue weighted by atomic mass is 32.1. The minimum Gasteiger partial charge on any atom is -0.482 e. The summed E-state index contributed by atoms with van der Waals surface area (Å²) < 4.78 is 7.35. The molecule has 0 unspecified atom stereocenters. The Morgan fingerprint density at radius 1 is 1.11 bits per heavy atom. The first kappa shape index (κ1) is 23.3. The van der Waals surface area contributed by atoms with E-state index in [4.69, 9.17) is 20.1 Å². The summed E-state index contributed by atoms with van der Waals surface area (Å²) in [7, 11) is 0. The van der Waals surface area contributed by atoms with Crippen molar-refractivity contribution < 1.29 is 9.53 Å². The Morgan fingerprint density at radius 3 is 2.69 bits per heavy atom. The van der Waals surface area contributed by atoms with Crippen molar-refractivity contribution >= 4 is 34.3 Å². The van der Waals surface area contributed by atoms with Crippen molar-refractivity contribution in [3.05, 3.63) is 93.1 Å². The van der Waals surface area contributed by atoms with E-state index in [0.29, 0.717) is 21.8 Å². The van der Waals surface area contributed by atoms with E-state index in [9.17, 15) is 4.79 Å². The molecule has 0 bridgehead atoms. The van der Waals surface area contributed by atoms with Gasteiger partial charge in [0.2, 0.25) is 4.80 Å². The number of benzene rings is 3. The average Bonchev–Trinajstić information content (AvgIpc) is 3.27. The summed E-state index contributed by atoms with van der Waals surface area (Å²) in [6.45, 7) is 6.02. The lowest BCUT2D eigenvalue weighted by molar-refractivity contribution is -0.118. The number of thiazole rings is 1. The lowest BCUT2D eigenvalue weighted by Crippen LogP contribution is -2.25. The Morgan fingerprint density at radius 2 is 1.92 bits per heavy atom. The zero-order chi connectivity index (χ0) is 25.2. The molecule has 1 N–H and O–H groups in total. The number of nitriles is 1. The molecular formula is C28H23N5O2S. The number of ether oxygens (including phenoxy) is 1. The van der Waals surface area contributed by atoms with Gasteiger partial charge in [-0.05, 0) is 73.9 Å². The van der Waals surface area contributed by atoms with Gasteiger partial charge in [0, 0.05) is 10.9 Å². The van der Waals surface area contributed by atoms with Gasteiger partial charge in [-0.3, -0.25) is 4.79 Å². The molecule has 36 heavy (non-hydrogen) atoms. The summed E-state index contributed by atoms with van der Waals surface area (Å²) in [5, 5.41) is 18.9. The number of hydrogen-bond acceptors (Lipinski definition) is 6.